The molecule has 1 amide bonds. The molecule has 0 saturated heterocycles. The van der Waals surface area contributed by atoms with Crippen LogP contribution in [0.15, 0.2) is 36.8 Å². The van der Waals surface area contributed by atoms with E-state index in [1.54, 1.807) is 41.1 Å². The highest BCUT2D eigenvalue weighted by atomic mass is 16.2. The van der Waals surface area contributed by atoms with E-state index in [4.69, 9.17) is 0 Å². The third-order valence-corrected chi connectivity index (χ3v) is 6.60. The van der Waals surface area contributed by atoms with Crippen LogP contribution in [0.2, 0.25) is 0 Å². The van der Waals surface area contributed by atoms with E-state index in [9.17, 15) is 10.1 Å². The SMILES string of the molecule is CC1CCC(C(CNc2ccc(-c3c(C#N)cnn3C)cn2)NC(=O)c2ccnn2C)CC1. The van der Waals surface area contributed by atoms with Crippen LogP contribution in [0, 0.1) is 23.2 Å². The van der Waals surface area contributed by atoms with Crippen molar-refractivity contribution >= 4 is 11.7 Å². The van der Waals surface area contributed by atoms with Crippen LogP contribution < -0.4 is 10.6 Å². The molecule has 0 aromatic carbocycles. The monoisotopic (exact) mass is 446 g/mol. The van der Waals surface area contributed by atoms with Gasteiger partial charge in [0.1, 0.15) is 17.6 Å². The van der Waals surface area contributed by atoms with Crippen LogP contribution in [0.5, 0.6) is 0 Å². The van der Waals surface area contributed by atoms with Crippen LogP contribution in [-0.2, 0) is 14.1 Å². The summed E-state index contributed by atoms with van der Waals surface area (Å²) in [6, 6.07) is 7.72. The molecule has 172 valence electrons. The molecule has 4 rings (SSSR count). The summed E-state index contributed by atoms with van der Waals surface area (Å²) in [5, 5.41) is 24.2. The molecule has 3 aromatic rings. The Morgan fingerprint density at radius 1 is 1.15 bits per heavy atom. The van der Waals surface area contributed by atoms with Gasteiger partial charge in [0.15, 0.2) is 0 Å². The van der Waals surface area contributed by atoms with Crippen LogP contribution >= 0.6 is 0 Å². The Bertz CT molecular complexity index is 1130. The van der Waals surface area contributed by atoms with E-state index in [0.717, 1.165) is 35.8 Å². The predicted molar refractivity (Wildman–Crippen MR) is 125 cm³/mol. The lowest BCUT2D eigenvalue weighted by Crippen LogP contribution is -2.46. The second-order valence-electron chi connectivity index (χ2n) is 8.90. The minimum atomic E-state index is -0.107. The van der Waals surface area contributed by atoms with Gasteiger partial charge in [0.2, 0.25) is 0 Å². The predicted octanol–water partition coefficient (Wildman–Crippen LogP) is 3.12. The number of carbonyl (C=O) groups excluding carboxylic acids is 1. The lowest BCUT2D eigenvalue weighted by molar-refractivity contribution is 0.0903. The Morgan fingerprint density at radius 3 is 2.58 bits per heavy atom. The number of nitrogens with zero attached hydrogens (tertiary/aromatic N) is 6. The van der Waals surface area contributed by atoms with E-state index in [0.29, 0.717) is 23.7 Å². The summed E-state index contributed by atoms with van der Waals surface area (Å²) >= 11 is 0. The Morgan fingerprint density at radius 2 is 1.94 bits per heavy atom. The molecule has 33 heavy (non-hydrogen) atoms. The van der Waals surface area contributed by atoms with Gasteiger partial charge >= 0.3 is 0 Å². The quantitative estimate of drug-likeness (QED) is 0.576. The van der Waals surface area contributed by atoms with Crippen molar-refractivity contribution in [2.45, 2.75) is 38.6 Å². The third kappa shape index (κ3) is 5.06. The minimum absolute atomic E-state index is 0.0105. The Kier molecular flexibility index (Phi) is 6.73. The van der Waals surface area contributed by atoms with Crippen molar-refractivity contribution in [1.82, 2.24) is 29.9 Å². The van der Waals surface area contributed by atoms with Gasteiger partial charge in [-0.2, -0.15) is 15.5 Å². The molecule has 2 N–H and O–H groups in total. The Hall–Kier alpha value is -3.67. The summed E-state index contributed by atoms with van der Waals surface area (Å²) in [4.78, 5) is 17.4. The largest absolute Gasteiger partial charge is 0.368 e. The Labute approximate surface area is 193 Å². The first-order chi connectivity index (χ1) is 16.0. The van der Waals surface area contributed by atoms with Gasteiger partial charge in [-0.15, -0.1) is 0 Å². The normalized spacial score (nSPS) is 19.0. The number of amides is 1. The maximum absolute atomic E-state index is 12.9. The van der Waals surface area contributed by atoms with Crippen LogP contribution in [0.25, 0.3) is 11.3 Å². The first-order valence-electron chi connectivity index (χ1n) is 11.4. The van der Waals surface area contributed by atoms with Crippen molar-refractivity contribution in [2.75, 3.05) is 11.9 Å². The summed E-state index contributed by atoms with van der Waals surface area (Å²) in [5.74, 6) is 1.77. The highest BCUT2D eigenvalue weighted by Crippen LogP contribution is 2.31. The van der Waals surface area contributed by atoms with Gasteiger partial charge in [-0.05, 0) is 42.9 Å². The van der Waals surface area contributed by atoms with Gasteiger partial charge in [-0.1, -0.05) is 19.8 Å². The van der Waals surface area contributed by atoms with Crippen molar-refractivity contribution in [1.29, 1.82) is 5.26 Å². The molecule has 3 heterocycles. The van der Waals surface area contributed by atoms with Gasteiger partial charge in [-0.25, -0.2) is 4.98 Å². The fraction of sp³-hybridized carbons (Fsp3) is 0.458. The summed E-state index contributed by atoms with van der Waals surface area (Å²) in [6.07, 6.45) is 9.50. The summed E-state index contributed by atoms with van der Waals surface area (Å²) in [7, 11) is 3.58. The molecule has 9 nitrogen and oxygen atoms in total. The summed E-state index contributed by atoms with van der Waals surface area (Å²) in [5.41, 5.74) is 2.65. The number of carbonyl (C=O) groups is 1. The van der Waals surface area contributed by atoms with Crippen LogP contribution in [0.3, 0.4) is 0 Å². The van der Waals surface area contributed by atoms with Gasteiger partial charge in [0, 0.05) is 44.6 Å². The standard InChI is InChI=1S/C24H30N8O/c1-16-4-6-17(7-5-16)20(30-24(33)21-10-11-28-31(21)2)15-27-22-9-8-18(13-26-22)23-19(12-25)14-29-32(23)3/h8-11,13-14,16-17,20H,4-7,15H2,1-3H3,(H,26,27)(H,30,33). The second kappa shape index (κ2) is 9.86. The van der Waals surface area contributed by atoms with Gasteiger partial charge in [0.05, 0.1) is 17.5 Å². The van der Waals surface area contributed by atoms with Crippen LogP contribution in [0.4, 0.5) is 5.82 Å². The van der Waals surface area contributed by atoms with Crippen LogP contribution in [-0.4, -0.2) is 43.0 Å². The minimum Gasteiger partial charge on any atom is -0.368 e. The summed E-state index contributed by atoms with van der Waals surface area (Å²) < 4.78 is 3.27. The maximum Gasteiger partial charge on any atom is 0.269 e. The number of pyridine rings is 1. The van der Waals surface area contributed by atoms with E-state index in [2.05, 4.69) is 38.8 Å². The van der Waals surface area contributed by atoms with E-state index in [1.165, 1.54) is 12.8 Å². The molecule has 1 unspecified atom stereocenters. The highest BCUT2D eigenvalue weighted by Gasteiger charge is 2.28. The third-order valence-electron chi connectivity index (χ3n) is 6.60. The number of hydrogen-bond acceptors (Lipinski definition) is 6. The molecule has 0 bridgehead atoms. The molecule has 9 heteroatoms. The van der Waals surface area contributed by atoms with E-state index in [1.807, 2.05) is 19.2 Å². The lowest BCUT2D eigenvalue weighted by Gasteiger charge is -2.33. The molecule has 1 fully saturated rings. The molecule has 0 radical (unpaired) electrons. The zero-order valence-electron chi connectivity index (χ0n) is 19.3. The van der Waals surface area contributed by atoms with Crippen molar-refractivity contribution in [2.24, 2.45) is 25.9 Å². The zero-order valence-corrected chi connectivity index (χ0v) is 19.3. The molecule has 1 aliphatic carbocycles. The Balaban J connectivity index is 1.46. The summed E-state index contributed by atoms with van der Waals surface area (Å²) in [6.45, 7) is 2.88. The fourth-order valence-corrected chi connectivity index (χ4v) is 4.58. The highest BCUT2D eigenvalue weighted by molar-refractivity contribution is 5.92. The number of aromatic nitrogens is 5. The lowest BCUT2D eigenvalue weighted by atomic mass is 9.79. The second-order valence-corrected chi connectivity index (χ2v) is 8.90. The molecule has 0 aliphatic heterocycles. The topological polar surface area (TPSA) is 113 Å². The molecule has 1 aliphatic rings. The smallest absolute Gasteiger partial charge is 0.269 e. The molecule has 0 spiro atoms. The van der Waals surface area contributed by atoms with Crippen molar-refractivity contribution < 1.29 is 4.79 Å². The van der Waals surface area contributed by atoms with Gasteiger partial charge in [-0.3, -0.25) is 14.2 Å². The number of hydrogen-bond donors (Lipinski definition) is 2. The molecular formula is C24H30N8O. The number of rotatable bonds is 7. The van der Waals surface area contributed by atoms with Gasteiger partial charge in [0.25, 0.3) is 5.91 Å². The first-order valence-corrected chi connectivity index (χ1v) is 11.4. The van der Waals surface area contributed by atoms with E-state index >= 15 is 0 Å². The van der Waals surface area contributed by atoms with E-state index < -0.39 is 0 Å². The fourth-order valence-electron chi connectivity index (χ4n) is 4.58. The molecule has 1 atom stereocenters. The zero-order chi connectivity index (χ0) is 23.4. The molecular weight excluding hydrogens is 416 g/mol. The number of nitriles is 1. The number of anilines is 1. The average molecular weight is 447 g/mol. The van der Waals surface area contributed by atoms with Crippen molar-refractivity contribution in [3.8, 4) is 17.3 Å². The number of aryl methyl sites for hydroxylation is 2. The van der Waals surface area contributed by atoms with Crippen LogP contribution in [0.1, 0.15) is 48.7 Å². The molecule has 1 saturated carbocycles. The number of nitrogens with one attached hydrogen (secondary N) is 2. The first kappa shape index (κ1) is 22.5. The van der Waals surface area contributed by atoms with Crippen molar-refractivity contribution in [3.63, 3.8) is 0 Å². The average Bonchev–Trinajstić information content (AvgIpc) is 3.42. The van der Waals surface area contributed by atoms with Gasteiger partial charge < -0.3 is 10.6 Å². The van der Waals surface area contributed by atoms with E-state index in [-0.39, 0.29) is 11.9 Å². The van der Waals surface area contributed by atoms with Crippen molar-refractivity contribution in [3.05, 3.63) is 48.0 Å². The maximum atomic E-state index is 12.9. The molecule has 3 aromatic heterocycles.